The molecule has 0 aliphatic carbocycles. The van der Waals surface area contributed by atoms with Gasteiger partial charge in [-0.3, -0.25) is 0 Å². The van der Waals surface area contributed by atoms with E-state index in [4.69, 9.17) is 20.9 Å². The molecule has 0 saturated carbocycles. The summed E-state index contributed by atoms with van der Waals surface area (Å²) in [4.78, 5) is 16.2. The van der Waals surface area contributed by atoms with Gasteiger partial charge in [0.15, 0.2) is 6.61 Å². The molecule has 2 aromatic carbocycles. The van der Waals surface area contributed by atoms with E-state index in [9.17, 15) is 4.79 Å². The Morgan fingerprint density at radius 2 is 1.91 bits per heavy atom. The zero-order valence-electron chi connectivity index (χ0n) is 12.3. The second-order valence-corrected chi connectivity index (χ2v) is 5.29. The highest BCUT2D eigenvalue weighted by Gasteiger charge is 2.15. The lowest BCUT2D eigenvalue weighted by Gasteiger charge is -2.03. The molecule has 1 aromatic heterocycles. The van der Waals surface area contributed by atoms with Gasteiger partial charge in [-0.25, -0.2) is 4.79 Å². The molecule has 0 bridgehead atoms. The van der Waals surface area contributed by atoms with Crippen molar-refractivity contribution in [2.45, 2.75) is 13.5 Å². The fourth-order valence-corrected chi connectivity index (χ4v) is 2.29. The Labute approximate surface area is 137 Å². The predicted octanol–water partition coefficient (Wildman–Crippen LogP) is 4.06. The van der Waals surface area contributed by atoms with Crippen LogP contribution in [-0.2, 0) is 11.3 Å². The molecule has 0 saturated heterocycles. The molecule has 0 radical (unpaired) electrons. The molecule has 0 aliphatic heterocycles. The average Bonchev–Trinajstić information content (AvgIpc) is 3.02. The van der Waals surface area contributed by atoms with E-state index in [0.29, 0.717) is 16.4 Å². The number of carbonyl (C=O) groups is 1. The van der Waals surface area contributed by atoms with Gasteiger partial charge in [0.1, 0.15) is 0 Å². The van der Waals surface area contributed by atoms with Crippen molar-refractivity contribution >= 4 is 17.6 Å². The molecule has 0 fully saturated rings. The zero-order chi connectivity index (χ0) is 16.2. The average molecular weight is 329 g/mol. The van der Waals surface area contributed by atoms with Crippen LogP contribution in [0.1, 0.15) is 21.8 Å². The lowest BCUT2D eigenvalue weighted by atomic mass is 10.1. The lowest BCUT2D eigenvalue weighted by molar-refractivity contribution is 0.0430. The molecular formula is C17H13ClN2O3. The van der Waals surface area contributed by atoms with Crippen molar-refractivity contribution in [3.05, 3.63) is 70.6 Å². The van der Waals surface area contributed by atoms with Crippen molar-refractivity contribution in [2.75, 3.05) is 0 Å². The molecule has 0 N–H and O–H groups in total. The van der Waals surface area contributed by atoms with Crippen LogP contribution in [0.4, 0.5) is 0 Å². The van der Waals surface area contributed by atoms with Crippen molar-refractivity contribution in [1.82, 2.24) is 10.1 Å². The molecule has 0 amide bonds. The lowest BCUT2D eigenvalue weighted by Crippen LogP contribution is -2.06. The summed E-state index contributed by atoms with van der Waals surface area (Å²) in [7, 11) is 0. The number of hydrogen-bond donors (Lipinski definition) is 0. The summed E-state index contributed by atoms with van der Waals surface area (Å²) in [5, 5.41) is 4.25. The van der Waals surface area contributed by atoms with Crippen LogP contribution < -0.4 is 0 Å². The molecule has 0 spiro atoms. The first kappa shape index (κ1) is 15.2. The second kappa shape index (κ2) is 6.62. The first-order valence-electron chi connectivity index (χ1n) is 6.95. The molecule has 5 nitrogen and oxygen atoms in total. The van der Waals surface area contributed by atoms with Crippen LogP contribution in [0, 0.1) is 6.92 Å². The van der Waals surface area contributed by atoms with Crippen LogP contribution in [0.25, 0.3) is 11.4 Å². The molecule has 23 heavy (non-hydrogen) atoms. The number of halogens is 1. The summed E-state index contributed by atoms with van der Waals surface area (Å²) in [6.45, 7) is 1.85. The number of hydrogen-bond acceptors (Lipinski definition) is 5. The topological polar surface area (TPSA) is 65.2 Å². The quantitative estimate of drug-likeness (QED) is 0.676. The molecule has 6 heteroatoms. The van der Waals surface area contributed by atoms with Crippen molar-refractivity contribution in [3.63, 3.8) is 0 Å². The van der Waals surface area contributed by atoms with Crippen molar-refractivity contribution in [2.24, 2.45) is 0 Å². The Hall–Kier alpha value is -2.66. The Bertz CT molecular complexity index is 845. The van der Waals surface area contributed by atoms with E-state index < -0.39 is 5.97 Å². The fourth-order valence-electron chi connectivity index (χ4n) is 2.08. The van der Waals surface area contributed by atoms with Crippen molar-refractivity contribution in [1.29, 1.82) is 0 Å². The van der Waals surface area contributed by atoms with E-state index in [1.165, 1.54) is 0 Å². The van der Waals surface area contributed by atoms with Crippen LogP contribution in [0.2, 0.25) is 5.02 Å². The van der Waals surface area contributed by atoms with Gasteiger partial charge in [-0.1, -0.05) is 53.2 Å². The Kier molecular flexibility index (Phi) is 4.39. The number of carbonyl (C=O) groups excluding carboxylic acids is 1. The summed E-state index contributed by atoms with van der Waals surface area (Å²) < 4.78 is 10.3. The van der Waals surface area contributed by atoms with E-state index in [1.807, 2.05) is 31.2 Å². The van der Waals surface area contributed by atoms with E-state index >= 15 is 0 Å². The minimum absolute atomic E-state index is 0.108. The summed E-state index contributed by atoms with van der Waals surface area (Å²) in [5.41, 5.74) is 2.21. The first-order valence-corrected chi connectivity index (χ1v) is 7.33. The van der Waals surface area contributed by atoms with E-state index in [2.05, 4.69) is 10.1 Å². The van der Waals surface area contributed by atoms with Crippen LogP contribution in [0.15, 0.2) is 53.1 Å². The minimum Gasteiger partial charge on any atom is -0.452 e. The van der Waals surface area contributed by atoms with Gasteiger partial charge < -0.3 is 9.26 Å². The van der Waals surface area contributed by atoms with Crippen LogP contribution in [0.3, 0.4) is 0 Å². The molecule has 0 aliphatic rings. The van der Waals surface area contributed by atoms with Crippen molar-refractivity contribution < 1.29 is 14.1 Å². The second-order valence-electron chi connectivity index (χ2n) is 4.88. The molecular weight excluding hydrogens is 316 g/mol. The maximum Gasteiger partial charge on any atom is 0.340 e. The first-order chi connectivity index (χ1) is 11.1. The Morgan fingerprint density at radius 3 is 2.70 bits per heavy atom. The highest BCUT2D eigenvalue weighted by molar-refractivity contribution is 6.33. The van der Waals surface area contributed by atoms with Gasteiger partial charge in [0.05, 0.1) is 10.6 Å². The van der Waals surface area contributed by atoms with Crippen LogP contribution >= 0.6 is 11.6 Å². The smallest absolute Gasteiger partial charge is 0.340 e. The van der Waals surface area contributed by atoms with Gasteiger partial charge in [0.25, 0.3) is 5.89 Å². The predicted molar refractivity (Wildman–Crippen MR) is 85.0 cm³/mol. The van der Waals surface area contributed by atoms with Gasteiger partial charge in [0, 0.05) is 5.56 Å². The highest BCUT2D eigenvalue weighted by Crippen LogP contribution is 2.20. The highest BCUT2D eigenvalue weighted by atomic mass is 35.5. The van der Waals surface area contributed by atoms with Crippen molar-refractivity contribution in [3.8, 4) is 11.4 Å². The maximum absolute atomic E-state index is 12.0. The molecule has 116 valence electrons. The van der Waals surface area contributed by atoms with Gasteiger partial charge in [-0.2, -0.15) is 4.98 Å². The summed E-state index contributed by atoms with van der Waals surface area (Å²) in [6.07, 6.45) is 0. The van der Waals surface area contributed by atoms with Gasteiger partial charge in [0.2, 0.25) is 5.82 Å². The monoisotopic (exact) mass is 328 g/mol. The number of ether oxygens (including phenoxy) is 1. The third-order valence-corrected chi connectivity index (χ3v) is 3.60. The number of aromatic nitrogens is 2. The minimum atomic E-state index is -0.536. The van der Waals surface area contributed by atoms with E-state index in [0.717, 1.165) is 11.1 Å². The zero-order valence-corrected chi connectivity index (χ0v) is 13.1. The molecule has 3 aromatic rings. The van der Waals surface area contributed by atoms with E-state index in [1.54, 1.807) is 24.3 Å². The molecule has 0 atom stereocenters. The van der Waals surface area contributed by atoms with Gasteiger partial charge in [-0.05, 0) is 24.6 Å². The number of esters is 1. The Morgan fingerprint density at radius 1 is 1.17 bits per heavy atom. The van der Waals surface area contributed by atoms with Crippen LogP contribution in [-0.4, -0.2) is 16.1 Å². The molecule has 1 heterocycles. The SMILES string of the molecule is Cc1ccccc1-c1noc(COC(=O)c2ccccc2Cl)n1. The van der Waals surface area contributed by atoms with E-state index in [-0.39, 0.29) is 12.5 Å². The molecule has 3 rings (SSSR count). The summed E-state index contributed by atoms with van der Waals surface area (Å²) >= 11 is 5.95. The third-order valence-electron chi connectivity index (χ3n) is 3.27. The Balaban J connectivity index is 1.70. The fraction of sp³-hybridized carbons (Fsp3) is 0.118. The number of benzene rings is 2. The number of aryl methyl sites for hydroxylation is 1. The maximum atomic E-state index is 12.0. The van der Waals surface area contributed by atoms with Gasteiger partial charge in [-0.15, -0.1) is 0 Å². The normalized spacial score (nSPS) is 10.5. The summed E-state index contributed by atoms with van der Waals surface area (Å²) in [5.74, 6) is 0.154. The summed E-state index contributed by atoms with van der Waals surface area (Å²) in [6, 6.07) is 14.4. The van der Waals surface area contributed by atoms with Gasteiger partial charge >= 0.3 is 5.97 Å². The number of rotatable bonds is 4. The third kappa shape index (κ3) is 3.40. The van der Waals surface area contributed by atoms with Crippen LogP contribution in [0.5, 0.6) is 0 Å². The molecule has 0 unspecified atom stereocenters. The number of nitrogens with zero attached hydrogens (tertiary/aromatic N) is 2. The standard InChI is InChI=1S/C17H13ClN2O3/c1-11-6-2-3-7-12(11)16-19-15(23-20-16)10-22-17(21)13-8-4-5-9-14(13)18/h2-9H,10H2,1H3. The largest absolute Gasteiger partial charge is 0.452 e.